The molecule has 4 amide bonds. The lowest BCUT2D eigenvalue weighted by Gasteiger charge is -2.28. The summed E-state index contributed by atoms with van der Waals surface area (Å²) in [5, 5.41) is 22.7. The molecule has 55 heavy (non-hydrogen) atoms. The predicted molar refractivity (Wildman–Crippen MR) is 209 cm³/mol. The van der Waals surface area contributed by atoms with Crippen LogP contribution in [0.1, 0.15) is 105 Å². The van der Waals surface area contributed by atoms with Crippen LogP contribution in [0, 0.1) is 11.8 Å². The number of hydrogen-bond donors (Lipinski definition) is 6. The Morgan fingerprint density at radius 1 is 0.782 bits per heavy atom. The number of ether oxygens (including phenoxy) is 2. The Morgan fingerprint density at radius 3 is 2.04 bits per heavy atom. The fraction of sp³-hybridized carbons (Fsp3) is 0.610. The maximum Gasteiger partial charge on any atom is 0.329 e. The molecule has 0 aromatic heterocycles. The molecule has 304 valence electrons. The molecule has 0 spiro atoms. The summed E-state index contributed by atoms with van der Waals surface area (Å²) in [5.74, 6) is -2.88. The van der Waals surface area contributed by atoms with Crippen molar-refractivity contribution >= 4 is 46.5 Å². The highest BCUT2D eigenvalue weighted by atomic mass is 16.6. The van der Waals surface area contributed by atoms with Gasteiger partial charge in [-0.3, -0.25) is 14.4 Å². The second-order valence-corrected chi connectivity index (χ2v) is 16.4. The summed E-state index contributed by atoms with van der Waals surface area (Å²) in [7, 11) is 0. The average Bonchev–Trinajstić information content (AvgIpc) is 3.10. The monoisotopic (exact) mass is 767 g/mol. The van der Waals surface area contributed by atoms with E-state index in [0.717, 1.165) is 42.0 Å². The van der Waals surface area contributed by atoms with Crippen LogP contribution in [-0.4, -0.2) is 83.3 Å². The Balaban J connectivity index is 1.56. The van der Waals surface area contributed by atoms with Gasteiger partial charge in [-0.1, -0.05) is 42.5 Å². The minimum Gasteiger partial charge on any atom is -0.480 e. The highest BCUT2D eigenvalue weighted by Gasteiger charge is 2.31. The third-order valence-electron chi connectivity index (χ3n) is 9.31. The fourth-order valence-corrected chi connectivity index (χ4v) is 6.46. The van der Waals surface area contributed by atoms with E-state index in [4.69, 9.17) is 15.2 Å². The van der Waals surface area contributed by atoms with Crippen LogP contribution in [0.4, 0.5) is 4.79 Å². The highest BCUT2D eigenvalue weighted by Crippen LogP contribution is 2.28. The molecule has 0 bridgehead atoms. The van der Waals surface area contributed by atoms with E-state index in [1.807, 2.05) is 42.5 Å². The number of amides is 4. The summed E-state index contributed by atoms with van der Waals surface area (Å²) in [5.41, 5.74) is 5.13. The highest BCUT2D eigenvalue weighted by molar-refractivity contribution is 5.89. The quantitative estimate of drug-likeness (QED) is 0.0923. The minimum atomic E-state index is -1.30. The first-order chi connectivity index (χ1) is 25.8. The largest absolute Gasteiger partial charge is 0.480 e. The van der Waals surface area contributed by atoms with Gasteiger partial charge in [-0.25, -0.2) is 14.4 Å². The average molecular weight is 768 g/mol. The van der Waals surface area contributed by atoms with E-state index in [1.54, 1.807) is 41.5 Å². The maximum absolute atomic E-state index is 13.5. The summed E-state index contributed by atoms with van der Waals surface area (Å²) in [4.78, 5) is 77.0. The number of benzene rings is 2. The van der Waals surface area contributed by atoms with Crippen molar-refractivity contribution in [1.29, 1.82) is 0 Å². The predicted octanol–water partition coefficient (Wildman–Crippen LogP) is 4.50. The van der Waals surface area contributed by atoms with Gasteiger partial charge in [-0.15, -0.1) is 0 Å². The molecule has 2 aromatic rings. The normalized spacial score (nSPS) is 17.6. The number of rotatable bonds is 18. The number of hydrogen-bond acceptors (Lipinski definition) is 9. The lowest BCUT2D eigenvalue weighted by molar-refractivity contribution is -0.158. The van der Waals surface area contributed by atoms with Gasteiger partial charge in [0.25, 0.3) is 0 Å². The van der Waals surface area contributed by atoms with E-state index in [2.05, 4.69) is 21.3 Å². The van der Waals surface area contributed by atoms with Crippen molar-refractivity contribution in [3.8, 4) is 0 Å². The van der Waals surface area contributed by atoms with Crippen molar-refractivity contribution in [3.63, 3.8) is 0 Å². The molecular weight excluding hydrogens is 706 g/mol. The first kappa shape index (κ1) is 44.7. The number of nitrogens with one attached hydrogen (secondary N) is 4. The number of carbonyl (C=O) groups excluding carboxylic acids is 5. The Morgan fingerprint density at radius 2 is 1.42 bits per heavy atom. The number of carboxylic acids is 1. The molecule has 3 atom stereocenters. The smallest absolute Gasteiger partial charge is 0.329 e. The molecule has 1 saturated carbocycles. The molecule has 0 heterocycles. The van der Waals surface area contributed by atoms with E-state index < -0.39 is 53.3 Å². The Kier molecular flexibility index (Phi) is 16.9. The molecule has 1 fully saturated rings. The van der Waals surface area contributed by atoms with Crippen molar-refractivity contribution in [2.24, 2.45) is 17.6 Å². The first-order valence-electron chi connectivity index (χ1n) is 19.3. The third-order valence-corrected chi connectivity index (χ3v) is 9.31. The summed E-state index contributed by atoms with van der Waals surface area (Å²) in [6, 6.07) is 9.61. The van der Waals surface area contributed by atoms with Crippen molar-refractivity contribution in [1.82, 2.24) is 21.3 Å². The Bertz CT molecular complexity index is 1630. The van der Waals surface area contributed by atoms with Gasteiger partial charge in [0.15, 0.2) is 0 Å². The first-order valence-corrected chi connectivity index (χ1v) is 19.3. The molecular formula is C41H61N5O9. The van der Waals surface area contributed by atoms with Gasteiger partial charge in [-0.05, 0) is 122 Å². The van der Waals surface area contributed by atoms with Crippen LogP contribution in [0.5, 0.6) is 0 Å². The molecule has 0 saturated heterocycles. The number of urea groups is 1. The van der Waals surface area contributed by atoms with Crippen molar-refractivity contribution in [3.05, 3.63) is 48.0 Å². The zero-order valence-corrected chi connectivity index (χ0v) is 33.2. The molecule has 2 aromatic carbocycles. The molecule has 1 aliphatic carbocycles. The van der Waals surface area contributed by atoms with E-state index in [1.165, 1.54) is 0 Å². The number of nitrogens with two attached hydrogens (primary N) is 1. The number of carbonyl (C=O) groups is 6. The van der Waals surface area contributed by atoms with Crippen LogP contribution < -0.4 is 27.0 Å². The van der Waals surface area contributed by atoms with Gasteiger partial charge < -0.3 is 41.6 Å². The van der Waals surface area contributed by atoms with E-state index in [-0.39, 0.29) is 43.5 Å². The summed E-state index contributed by atoms with van der Waals surface area (Å²) in [6.45, 7) is 10.9. The summed E-state index contributed by atoms with van der Waals surface area (Å²) in [6.07, 6.45) is 3.96. The van der Waals surface area contributed by atoms with Crippen LogP contribution in [0.25, 0.3) is 10.8 Å². The molecule has 1 aliphatic rings. The van der Waals surface area contributed by atoms with Crippen molar-refractivity contribution < 1.29 is 43.3 Å². The van der Waals surface area contributed by atoms with E-state index in [9.17, 15) is 33.9 Å². The van der Waals surface area contributed by atoms with Gasteiger partial charge >= 0.3 is 23.9 Å². The van der Waals surface area contributed by atoms with Crippen LogP contribution in [-0.2, 0) is 39.9 Å². The van der Waals surface area contributed by atoms with Crippen LogP contribution in [0.15, 0.2) is 42.5 Å². The number of carboxylic acid groups (broad SMARTS) is 1. The van der Waals surface area contributed by atoms with Gasteiger partial charge in [0.1, 0.15) is 29.3 Å². The van der Waals surface area contributed by atoms with Crippen LogP contribution in [0.2, 0.25) is 0 Å². The van der Waals surface area contributed by atoms with E-state index in [0.29, 0.717) is 31.7 Å². The number of unbranched alkanes of at least 4 members (excludes halogenated alkanes) is 1. The fourth-order valence-electron chi connectivity index (χ4n) is 6.46. The molecule has 0 radical (unpaired) electrons. The lowest BCUT2D eigenvalue weighted by Crippen LogP contribution is -2.52. The topological polar surface area (TPSA) is 215 Å². The van der Waals surface area contributed by atoms with Gasteiger partial charge in [0.2, 0.25) is 11.8 Å². The van der Waals surface area contributed by atoms with Gasteiger partial charge in [0, 0.05) is 25.3 Å². The number of esters is 2. The minimum absolute atomic E-state index is 0.0381. The summed E-state index contributed by atoms with van der Waals surface area (Å²) < 4.78 is 10.7. The second-order valence-electron chi connectivity index (χ2n) is 16.4. The van der Waals surface area contributed by atoms with Gasteiger partial charge in [-0.2, -0.15) is 0 Å². The third kappa shape index (κ3) is 16.3. The van der Waals surface area contributed by atoms with E-state index >= 15 is 0 Å². The zero-order chi connectivity index (χ0) is 40.8. The summed E-state index contributed by atoms with van der Waals surface area (Å²) >= 11 is 0. The van der Waals surface area contributed by atoms with Gasteiger partial charge in [0.05, 0.1) is 0 Å². The van der Waals surface area contributed by atoms with Crippen molar-refractivity contribution in [2.75, 3.05) is 13.1 Å². The van der Waals surface area contributed by atoms with Crippen LogP contribution >= 0.6 is 0 Å². The number of aliphatic carboxylic acids is 1. The Hall–Kier alpha value is -4.72. The molecule has 14 heteroatoms. The number of fused-ring (bicyclic) bond motifs is 1. The van der Waals surface area contributed by atoms with Crippen LogP contribution in [0.3, 0.4) is 0 Å². The zero-order valence-electron chi connectivity index (χ0n) is 33.2. The molecule has 14 nitrogen and oxygen atoms in total. The Labute approximate surface area is 324 Å². The van der Waals surface area contributed by atoms with Crippen molar-refractivity contribution in [2.45, 2.75) is 135 Å². The lowest BCUT2D eigenvalue weighted by atomic mass is 9.81. The molecule has 2 unspecified atom stereocenters. The standard InChI is InChI=1S/C41H61N5O9/c1-40(2,3)54-34(47)21-20-32(38(52)55-41(4,5)6)46-39(53)45-31(37(50)51)13-9-10-22-43-36(49)33(44-35(48)29-18-14-26(25-42)15-19-29)24-27-16-17-28-11-7-8-12-30(28)23-27/h7-8,11-12,16-17,23,26,29,31-33H,9-10,13-15,18-22,24-25,42H2,1-6H3,(H,43,49)(H,44,48)(H,50,51)(H2,45,46,53)/t26?,29?,31?,32-,33?/m0/s1. The molecule has 7 N–H and O–H groups in total. The molecule has 0 aliphatic heterocycles. The SMILES string of the molecule is CC(C)(C)OC(=O)CC[C@H](NC(=O)NC(CCCCNC(=O)C(Cc1ccc2ccccc2c1)NC(=O)C1CCC(CN)CC1)C(=O)O)C(=O)OC(C)(C)C. The maximum atomic E-state index is 13.5. The molecule has 3 rings (SSSR count). The second kappa shape index (κ2) is 20.8.